The second kappa shape index (κ2) is 15.9. The molecule has 1 aliphatic rings. The van der Waals surface area contributed by atoms with Crippen LogP contribution in [0, 0.1) is 0 Å². The first-order chi connectivity index (χ1) is 15.8. The van der Waals surface area contributed by atoms with E-state index in [0.29, 0.717) is 25.8 Å². The second-order valence-corrected chi connectivity index (χ2v) is 9.38. The van der Waals surface area contributed by atoms with Gasteiger partial charge in [-0.1, -0.05) is 32.6 Å². The molecule has 1 fully saturated rings. The van der Waals surface area contributed by atoms with Crippen LogP contribution in [0.3, 0.4) is 0 Å². The fourth-order valence-electron chi connectivity index (χ4n) is 3.81. The van der Waals surface area contributed by atoms with E-state index in [9.17, 15) is 24.3 Å². The zero-order valence-electron chi connectivity index (χ0n) is 20.3. The highest BCUT2D eigenvalue weighted by Gasteiger charge is 2.37. The maximum absolute atomic E-state index is 12.9. The number of thioether (sulfide) groups is 1. The number of carboxylic acid groups (broad SMARTS) is 1. The van der Waals surface area contributed by atoms with E-state index in [2.05, 4.69) is 12.2 Å². The zero-order chi connectivity index (χ0) is 24.8. The maximum Gasteiger partial charge on any atom is 0.326 e. The molecule has 0 aromatic heterocycles. The lowest BCUT2D eigenvalue weighted by Crippen LogP contribution is -2.54. The number of hydrogen-bond donors (Lipinski definition) is 2. The number of rotatable bonds is 16. The van der Waals surface area contributed by atoms with Crippen LogP contribution in [0.25, 0.3) is 0 Å². The number of carboxylic acids is 1. The Balaban J connectivity index is 2.81. The molecule has 0 aromatic carbocycles. The van der Waals surface area contributed by atoms with Crippen molar-refractivity contribution in [2.75, 3.05) is 25.5 Å². The van der Waals surface area contributed by atoms with Crippen LogP contribution in [0.15, 0.2) is 0 Å². The monoisotopic (exact) mass is 488 g/mol. The summed E-state index contributed by atoms with van der Waals surface area (Å²) >= 11 is 1.32. The number of nitrogens with zero attached hydrogens (tertiary/aromatic N) is 1. The van der Waals surface area contributed by atoms with Crippen LogP contribution >= 0.6 is 11.8 Å². The third-order valence-corrected chi connectivity index (χ3v) is 6.90. The number of nitrogens with one attached hydrogen (secondary N) is 1. The van der Waals surface area contributed by atoms with Gasteiger partial charge in [0, 0.05) is 12.3 Å². The number of aliphatic carboxylic acids is 1. The van der Waals surface area contributed by atoms with Gasteiger partial charge in [-0.15, -0.1) is 11.8 Å². The van der Waals surface area contributed by atoms with Gasteiger partial charge in [-0.3, -0.25) is 19.7 Å². The molecule has 33 heavy (non-hydrogen) atoms. The van der Waals surface area contributed by atoms with Crippen LogP contribution in [0.2, 0.25) is 0 Å². The molecular weight excluding hydrogens is 448 g/mol. The summed E-state index contributed by atoms with van der Waals surface area (Å²) in [5, 5.41) is 12.0. The molecule has 0 spiro atoms. The number of hydrogen-bond acceptors (Lipinski definition) is 8. The molecule has 10 heteroatoms. The van der Waals surface area contributed by atoms with Gasteiger partial charge in [-0.05, 0) is 40.0 Å². The van der Waals surface area contributed by atoms with Gasteiger partial charge < -0.3 is 19.5 Å². The van der Waals surface area contributed by atoms with E-state index < -0.39 is 35.3 Å². The first kappa shape index (κ1) is 29.2. The van der Waals surface area contributed by atoms with Crippen LogP contribution in [-0.4, -0.2) is 82.7 Å². The van der Waals surface area contributed by atoms with Crippen molar-refractivity contribution >= 4 is 35.6 Å². The lowest BCUT2D eigenvalue weighted by Gasteiger charge is -2.28. The van der Waals surface area contributed by atoms with Gasteiger partial charge in [-0.2, -0.15) is 0 Å². The Morgan fingerprint density at radius 2 is 1.73 bits per heavy atom. The molecule has 0 saturated carbocycles. The van der Waals surface area contributed by atoms with Crippen molar-refractivity contribution in [1.82, 2.24) is 10.2 Å². The van der Waals surface area contributed by atoms with Crippen LogP contribution in [0.1, 0.15) is 72.6 Å². The quantitative estimate of drug-likeness (QED) is 0.249. The van der Waals surface area contributed by atoms with E-state index in [1.54, 1.807) is 20.8 Å². The largest absolute Gasteiger partial charge is 0.480 e. The Hall–Kier alpha value is -1.81. The van der Waals surface area contributed by atoms with E-state index in [1.807, 2.05) is 0 Å². The number of amides is 1. The van der Waals surface area contributed by atoms with Gasteiger partial charge in [0.05, 0.1) is 19.3 Å². The summed E-state index contributed by atoms with van der Waals surface area (Å²) in [5.41, 5.74) is 0. The summed E-state index contributed by atoms with van der Waals surface area (Å²) in [7, 11) is 0. The highest BCUT2D eigenvalue weighted by Crippen LogP contribution is 2.22. The van der Waals surface area contributed by atoms with E-state index >= 15 is 0 Å². The summed E-state index contributed by atoms with van der Waals surface area (Å²) in [6.07, 6.45) is 5.82. The van der Waals surface area contributed by atoms with Crippen molar-refractivity contribution < 1.29 is 33.8 Å². The molecule has 0 aliphatic carbocycles. The molecule has 4 atom stereocenters. The van der Waals surface area contributed by atoms with Crippen molar-refractivity contribution in [3.63, 3.8) is 0 Å². The lowest BCUT2D eigenvalue weighted by atomic mass is 10.1. The highest BCUT2D eigenvalue weighted by molar-refractivity contribution is 8.00. The van der Waals surface area contributed by atoms with Crippen LogP contribution < -0.4 is 5.32 Å². The third-order valence-electron chi connectivity index (χ3n) is 5.55. The number of ether oxygens (including phenoxy) is 2. The maximum atomic E-state index is 12.9. The van der Waals surface area contributed by atoms with E-state index in [0.717, 1.165) is 25.7 Å². The first-order valence-electron chi connectivity index (χ1n) is 12.0. The molecule has 1 saturated heterocycles. The van der Waals surface area contributed by atoms with Gasteiger partial charge in [0.25, 0.3) is 0 Å². The van der Waals surface area contributed by atoms with Crippen molar-refractivity contribution in [2.24, 2.45) is 0 Å². The SMILES string of the molecule is CCCCCC[C@@H](SC[C@H](N[C@H](C)C(=O)N1CCC[C@H]1C(=O)O)C(=O)OCC)C(=O)OCC. The average Bonchev–Trinajstić information content (AvgIpc) is 3.27. The minimum atomic E-state index is -1.02. The van der Waals surface area contributed by atoms with Crippen LogP contribution in [0.5, 0.6) is 0 Å². The standard InChI is InChI=1S/C23H40N2O7S/c1-5-8-9-10-13-19(23(30)32-7-3)33-15-17(22(29)31-6-2)24-16(4)20(26)25-14-11-12-18(25)21(27)28/h16-19,24H,5-15H2,1-4H3,(H,27,28)/t16-,17+,18+,19-/m1/s1. The Kier molecular flexibility index (Phi) is 14.1. The topological polar surface area (TPSA) is 122 Å². The summed E-state index contributed by atoms with van der Waals surface area (Å²) in [5.74, 6) is -1.95. The molecule has 190 valence electrons. The summed E-state index contributed by atoms with van der Waals surface area (Å²) < 4.78 is 10.4. The molecule has 0 bridgehead atoms. The number of unbranched alkanes of at least 4 members (excludes halogenated alkanes) is 3. The Morgan fingerprint density at radius 1 is 1.06 bits per heavy atom. The average molecular weight is 489 g/mol. The van der Waals surface area contributed by atoms with Crippen molar-refractivity contribution in [3.8, 4) is 0 Å². The molecule has 0 radical (unpaired) electrons. The predicted molar refractivity (Wildman–Crippen MR) is 127 cm³/mol. The number of carbonyl (C=O) groups excluding carboxylic acids is 3. The van der Waals surface area contributed by atoms with Crippen molar-refractivity contribution in [3.05, 3.63) is 0 Å². The van der Waals surface area contributed by atoms with Crippen LogP contribution in [0.4, 0.5) is 0 Å². The predicted octanol–water partition coefficient (Wildman–Crippen LogP) is 2.61. The zero-order valence-corrected chi connectivity index (χ0v) is 21.2. The Morgan fingerprint density at radius 3 is 2.33 bits per heavy atom. The number of esters is 2. The molecule has 0 aromatic rings. The summed E-state index contributed by atoms with van der Waals surface area (Å²) in [6.45, 7) is 8.05. The Labute approximate surface area is 201 Å². The van der Waals surface area contributed by atoms with Gasteiger partial charge in [0.1, 0.15) is 17.3 Å². The third kappa shape index (κ3) is 9.92. The van der Waals surface area contributed by atoms with Gasteiger partial charge in [-0.25, -0.2) is 4.79 Å². The lowest BCUT2D eigenvalue weighted by molar-refractivity contribution is -0.150. The van der Waals surface area contributed by atoms with Gasteiger partial charge in [0.2, 0.25) is 5.91 Å². The summed E-state index contributed by atoms with van der Waals surface area (Å²) in [6, 6.07) is -2.42. The normalized spacial score (nSPS) is 18.4. The highest BCUT2D eigenvalue weighted by atomic mass is 32.2. The molecule has 1 rings (SSSR count). The fourth-order valence-corrected chi connectivity index (χ4v) is 5.00. The first-order valence-corrected chi connectivity index (χ1v) is 13.1. The molecule has 9 nitrogen and oxygen atoms in total. The van der Waals surface area contributed by atoms with Gasteiger partial charge >= 0.3 is 17.9 Å². The molecule has 1 heterocycles. The molecule has 0 unspecified atom stereocenters. The van der Waals surface area contributed by atoms with E-state index in [4.69, 9.17) is 9.47 Å². The van der Waals surface area contributed by atoms with Gasteiger partial charge in [0.15, 0.2) is 0 Å². The minimum Gasteiger partial charge on any atom is -0.480 e. The smallest absolute Gasteiger partial charge is 0.326 e. The fraction of sp³-hybridized carbons (Fsp3) is 0.826. The summed E-state index contributed by atoms with van der Waals surface area (Å²) in [4.78, 5) is 50.7. The molecule has 1 amide bonds. The molecule has 2 N–H and O–H groups in total. The molecule has 1 aliphatic heterocycles. The number of likely N-dealkylation sites (tertiary alicyclic amines) is 1. The van der Waals surface area contributed by atoms with E-state index in [-0.39, 0.29) is 30.8 Å². The van der Waals surface area contributed by atoms with E-state index in [1.165, 1.54) is 16.7 Å². The molecular formula is C23H40N2O7S. The second-order valence-electron chi connectivity index (χ2n) is 8.14. The van der Waals surface area contributed by atoms with Crippen molar-refractivity contribution in [2.45, 2.75) is 96.0 Å². The van der Waals surface area contributed by atoms with Crippen LogP contribution in [-0.2, 0) is 28.7 Å². The number of carbonyl (C=O) groups is 4. The van der Waals surface area contributed by atoms with Crippen molar-refractivity contribution in [1.29, 1.82) is 0 Å². The minimum absolute atomic E-state index is 0.190. The Bertz CT molecular complexity index is 646.